The zero-order valence-electron chi connectivity index (χ0n) is 15.0. The van der Waals surface area contributed by atoms with Crippen LogP contribution in [0.1, 0.15) is 43.0 Å². The molecule has 0 aromatic heterocycles. The number of hydrogen-bond donors (Lipinski definition) is 6. The smallest absolute Gasteiger partial charge is 0.369 e. The molecule has 1 aromatic rings. The van der Waals surface area contributed by atoms with E-state index in [4.69, 9.17) is 24.3 Å². The van der Waals surface area contributed by atoms with E-state index in [-0.39, 0.29) is 30.7 Å². The van der Waals surface area contributed by atoms with Gasteiger partial charge < -0.3 is 34.7 Å². The number of unbranched alkanes of at least 4 members (excludes halogenated alkanes) is 2. The molecule has 0 heterocycles. The number of esters is 1. The van der Waals surface area contributed by atoms with E-state index in [0.717, 1.165) is 0 Å². The Morgan fingerprint density at radius 1 is 1.04 bits per heavy atom. The highest BCUT2D eigenvalue weighted by molar-refractivity contribution is 7.72. The van der Waals surface area contributed by atoms with Crippen LogP contribution in [0.5, 0.6) is 5.75 Å². The van der Waals surface area contributed by atoms with Crippen molar-refractivity contribution in [3.05, 3.63) is 29.8 Å². The number of carbonyl (C=O) groups is 2. The van der Waals surface area contributed by atoms with Gasteiger partial charge in [-0.2, -0.15) is 0 Å². The summed E-state index contributed by atoms with van der Waals surface area (Å²) < 4.78 is 27.4. The van der Waals surface area contributed by atoms with Gasteiger partial charge in [-0.3, -0.25) is 18.7 Å². The van der Waals surface area contributed by atoms with Crippen LogP contribution in [0, 0.1) is 0 Å². The second-order valence-corrected chi connectivity index (χ2v) is 10.0. The topological polar surface area (TPSA) is 191 Å². The molecule has 1 aromatic carbocycles. The van der Waals surface area contributed by atoms with Crippen molar-refractivity contribution in [1.29, 1.82) is 0 Å². The molecule has 13 heteroatoms. The fourth-order valence-corrected chi connectivity index (χ4v) is 4.58. The van der Waals surface area contributed by atoms with Crippen molar-refractivity contribution in [2.75, 3.05) is 6.54 Å². The summed E-state index contributed by atoms with van der Waals surface area (Å²) in [4.78, 5) is 59.4. The van der Waals surface area contributed by atoms with Crippen LogP contribution >= 0.6 is 15.2 Å². The molecule has 0 aliphatic heterocycles. The summed E-state index contributed by atoms with van der Waals surface area (Å²) in [5.74, 6) is -0.984. The van der Waals surface area contributed by atoms with Crippen molar-refractivity contribution in [3.63, 3.8) is 0 Å². The summed E-state index contributed by atoms with van der Waals surface area (Å²) in [7, 11) is -10.9. The highest BCUT2D eigenvalue weighted by Gasteiger charge is 2.58. The molecule has 28 heavy (non-hydrogen) atoms. The average molecular weight is 439 g/mol. The van der Waals surface area contributed by atoms with Gasteiger partial charge in [0.05, 0.1) is 5.56 Å². The molecule has 0 radical (unpaired) electrons. The fraction of sp³-hybridized carbons (Fsp3) is 0.467. The molecule has 0 saturated carbocycles. The number of aliphatic hydroxyl groups is 1. The molecular weight excluding hydrogens is 416 g/mol. The van der Waals surface area contributed by atoms with Crippen LogP contribution in [0.4, 0.5) is 0 Å². The van der Waals surface area contributed by atoms with Crippen LogP contribution in [-0.4, -0.2) is 48.2 Å². The molecule has 0 saturated heterocycles. The van der Waals surface area contributed by atoms with Gasteiger partial charge in [0.15, 0.2) is 0 Å². The van der Waals surface area contributed by atoms with E-state index in [1.807, 2.05) is 0 Å². The molecule has 0 aliphatic carbocycles. The summed E-state index contributed by atoms with van der Waals surface area (Å²) >= 11 is 0. The summed E-state index contributed by atoms with van der Waals surface area (Å²) in [6.07, 6.45) is -0.342. The maximum absolute atomic E-state index is 12.2. The van der Waals surface area contributed by atoms with Gasteiger partial charge in [0.1, 0.15) is 5.75 Å². The zero-order chi connectivity index (χ0) is 21.6. The Bertz CT molecular complexity index is 778. The summed E-state index contributed by atoms with van der Waals surface area (Å²) in [6.45, 7) is 1.35. The molecule has 6 N–H and O–H groups in total. The highest BCUT2D eigenvalue weighted by atomic mass is 31.2. The van der Waals surface area contributed by atoms with Crippen molar-refractivity contribution in [2.24, 2.45) is 0 Å². The summed E-state index contributed by atoms with van der Waals surface area (Å²) in [5.41, 5.74) is 0.148. The Balaban J connectivity index is 2.52. The van der Waals surface area contributed by atoms with E-state index in [2.05, 4.69) is 5.32 Å². The lowest BCUT2D eigenvalue weighted by atomic mass is 10.1. The van der Waals surface area contributed by atoms with Gasteiger partial charge in [0, 0.05) is 13.5 Å². The second-order valence-electron chi connectivity index (χ2n) is 6.02. The number of amides is 1. The fourth-order valence-electron chi connectivity index (χ4n) is 2.32. The van der Waals surface area contributed by atoms with E-state index in [9.17, 15) is 23.8 Å². The Labute approximate surface area is 161 Å². The van der Waals surface area contributed by atoms with E-state index < -0.39 is 38.6 Å². The van der Waals surface area contributed by atoms with Crippen molar-refractivity contribution in [2.45, 2.75) is 37.7 Å². The SMILES string of the molecule is CC(=O)Oc1ccccc1C(=O)NCCCCCC(O)(P(=O)(O)O)P(=O)(O)O. The van der Waals surface area contributed by atoms with Gasteiger partial charge >= 0.3 is 21.2 Å². The Hall–Kier alpha value is -1.58. The summed E-state index contributed by atoms with van der Waals surface area (Å²) in [6, 6.07) is 6.11. The Morgan fingerprint density at radius 2 is 1.61 bits per heavy atom. The number of ether oxygens (including phenoxy) is 1. The number of rotatable bonds is 10. The molecule has 11 nitrogen and oxygen atoms in total. The number of para-hydroxylation sites is 1. The average Bonchev–Trinajstić information content (AvgIpc) is 2.55. The van der Waals surface area contributed by atoms with Gasteiger partial charge in [0.2, 0.25) is 0 Å². The number of benzene rings is 1. The van der Waals surface area contributed by atoms with Gasteiger partial charge in [-0.15, -0.1) is 0 Å². The lowest BCUT2D eigenvalue weighted by Gasteiger charge is -2.29. The van der Waals surface area contributed by atoms with Crippen molar-refractivity contribution >= 4 is 27.1 Å². The zero-order valence-corrected chi connectivity index (χ0v) is 16.8. The van der Waals surface area contributed by atoms with Gasteiger partial charge in [0.25, 0.3) is 11.0 Å². The third-order valence-electron chi connectivity index (χ3n) is 3.79. The largest absolute Gasteiger partial charge is 0.426 e. The molecule has 0 fully saturated rings. The molecule has 0 aliphatic rings. The van der Waals surface area contributed by atoms with Crippen LogP contribution in [0.3, 0.4) is 0 Å². The van der Waals surface area contributed by atoms with Crippen molar-refractivity contribution < 1.29 is 48.1 Å². The lowest BCUT2D eigenvalue weighted by Crippen LogP contribution is -2.28. The van der Waals surface area contributed by atoms with E-state index >= 15 is 0 Å². The van der Waals surface area contributed by atoms with Crippen LogP contribution < -0.4 is 10.1 Å². The van der Waals surface area contributed by atoms with Gasteiger partial charge in [-0.25, -0.2) is 0 Å². The molecule has 158 valence electrons. The monoisotopic (exact) mass is 439 g/mol. The van der Waals surface area contributed by atoms with Gasteiger partial charge in [-0.05, 0) is 31.4 Å². The van der Waals surface area contributed by atoms with Crippen molar-refractivity contribution in [3.8, 4) is 5.75 Å². The minimum Gasteiger partial charge on any atom is -0.426 e. The first-order valence-corrected chi connectivity index (χ1v) is 11.4. The summed E-state index contributed by atoms with van der Waals surface area (Å²) in [5, 5.41) is 8.89. The Kier molecular flexibility index (Phi) is 8.52. The molecular formula is C15H23NO10P2. The van der Waals surface area contributed by atoms with Crippen LogP contribution in [0.15, 0.2) is 24.3 Å². The van der Waals surface area contributed by atoms with Gasteiger partial charge in [-0.1, -0.05) is 18.6 Å². The number of nitrogens with one attached hydrogen (secondary N) is 1. The molecule has 0 atom stereocenters. The number of carbonyl (C=O) groups excluding carboxylic acids is 2. The first-order chi connectivity index (χ1) is 12.8. The van der Waals surface area contributed by atoms with Crippen molar-refractivity contribution in [1.82, 2.24) is 5.32 Å². The Morgan fingerprint density at radius 3 is 2.14 bits per heavy atom. The van der Waals surface area contributed by atoms with E-state index in [1.165, 1.54) is 19.1 Å². The maximum Gasteiger partial charge on any atom is 0.369 e. The normalized spacial score (nSPS) is 12.5. The minimum atomic E-state index is -5.46. The predicted octanol–water partition coefficient (Wildman–Crippen LogP) is 0.904. The van der Waals surface area contributed by atoms with Crippen LogP contribution in [0.25, 0.3) is 0 Å². The first kappa shape index (κ1) is 24.5. The third kappa shape index (κ3) is 6.49. The number of hydrogen-bond acceptors (Lipinski definition) is 6. The third-order valence-corrected chi connectivity index (χ3v) is 7.67. The highest BCUT2D eigenvalue weighted by Crippen LogP contribution is 2.69. The molecule has 0 unspecified atom stereocenters. The quantitative estimate of drug-likeness (QED) is 0.132. The first-order valence-electron chi connectivity index (χ1n) is 8.19. The molecule has 0 spiro atoms. The second kappa shape index (κ2) is 9.76. The lowest BCUT2D eigenvalue weighted by molar-refractivity contribution is -0.131. The maximum atomic E-state index is 12.2. The van der Waals surface area contributed by atoms with E-state index in [0.29, 0.717) is 6.42 Å². The molecule has 1 amide bonds. The van der Waals surface area contributed by atoms with Crippen LogP contribution in [-0.2, 0) is 13.9 Å². The predicted molar refractivity (Wildman–Crippen MR) is 97.6 cm³/mol. The van der Waals surface area contributed by atoms with Crippen LogP contribution in [0.2, 0.25) is 0 Å². The standard InChI is InChI=1S/C15H23NO10P2/c1-11(17)26-13-8-4-3-7-12(13)14(18)16-10-6-2-5-9-15(19,27(20,21)22)28(23,24)25/h3-4,7-8,19H,2,5-6,9-10H2,1H3,(H,16,18)(H2,20,21,22)(H2,23,24,25). The minimum absolute atomic E-state index is 0.0906. The molecule has 1 rings (SSSR count). The molecule has 0 bridgehead atoms. The van der Waals surface area contributed by atoms with E-state index in [1.54, 1.807) is 12.1 Å².